The van der Waals surface area contributed by atoms with E-state index in [9.17, 15) is 9.59 Å². The Balaban J connectivity index is 1.18. The van der Waals surface area contributed by atoms with E-state index >= 15 is 0 Å². The molecule has 230 valence electrons. The van der Waals surface area contributed by atoms with E-state index < -0.39 is 11.7 Å². The quantitative estimate of drug-likeness (QED) is 0.163. The minimum atomic E-state index is -0.608. The zero-order chi connectivity index (χ0) is 32.3. The molecule has 0 fully saturated rings. The Bertz CT molecular complexity index is 2030. The number of fused-ring (bicyclic) bond motifs is 1. The summed E-state index contributed by atoms with van der Waals surface area (Å²) >= 11 is 6.72. The number of benzene rings is 4. The topological polar surface area (TPSA) is 97.3 Å². The monoisotopic (exact) mass is 629 g/mol. The average molecular weight is 630 g/mol. The lowest BCUT2D eigenvalue weighted by Crippen LogP contribution is -2.27. The maximum Gasteiger partial charge on any atom is 0.412 e. The molecular formula is C37H32ClN5O3. The Morgan fingerprint density at radius 1 is 0.761 bits per heavy atom. The van der Waals surface area contributed by atoms with Crippen LogP contribution in [0.25, 0.3) is 27.8 Å². The van der Waals surface area contributed by atoms with Crippen molar-refractivity contribution in [2.75, 3.05) is 16.0 Å². The molecule has 0 atom stereocenters. The van der Waals surface area contributed by atoms with Gasteiger partial charge in [-0.25, -0.2) is 9.78 Å². The van der Waals surface area contributed by atoms with E-state index in [2.05, 4.69) is 51.0 Å². The molecule has 0 aliphatic heterocycles. The maximum absolute atomic E-state index is 13.0. The van der Waals surface area contributed by atoms with Gasteiger partial charge in [-0.15, -0.1) is 0 Å². The van der Waals surface area contributed by atoms with Crippen LogP contribution in [0.4, 0.5) is 27.7 Å². The molecule has 0 radical (unpaired) electrons. The predicted molar refractivity (Wildman–Crippen MR) is 185 cm³/mol. The number of ether oxygens (including phenoxy) is 1. The van der Waals surface area contributed by atoms with Gasteiger partial charge in [-0.2, -0.15) is 0 Å². The van der Waals surface area contributed by atoms with E-state index in [1.807, 2.05) is 60.7 Å². The van der Waals surface area contributed by atoms with Gasteiger partial charge in [-0.1, -0.05) is 54.1 Å². The van der Waals surface area contributed by atoms with Gasteiger partial charge in [-0.05, 0) is 93.6 Å². The summed E-state index contributed by atoms with van der Waals surface area (Å²) in [6.07, 6.45) is 1.50. The molecule has 0 aliphatic rings. The molecule has 3 N–H and O–H groups in total. The van der Waals surface area contributed by atoms with Crippen molar-refractivity contribution < 1.29 is 14.3 Å². The third-order valence-corrected chi connectivity index (χ3v) is 7.34. The molecule has 0 saturated heterocycles. The van der Waals surface area contributed by atoms with E-state index in [1.54, 1.807) is 51.1 Å². The first-order chi connectivity index (χ1) is 22.1. The van der Waals surface area contributed by atoms with Crippen molar-refractivity contribution >= 4 is 57.4 Å². The highest BCUT2D eigenvalue weighted by atomic mass is 35.5. The molecule has 6 rings (SSSR count). The van der Waals surface area contributed by atoms with Crippen molar-refractivity contribution in [3.63, 3.8) is 0 Å². The number of anilines is 4. The first kappa shape index (κ1) is 30.4. The molecule has 0 unspecified atom stereocenters. The summed E-state index contributed by atoms with van der Waals surface area (Å²) < 4.78 is 7.41. The van der Waals surface area contributed by atoms with Crippen molar-refractivity contribution in [3.05, 3.63) is 132 Å². The molecule has 6 aromatic rings. The van der Waals surface area contributed by atoms with Crippen LogP contribution in [0.5, 0.6) is 0 Å². The van der Waals surface area contributed by atoms with Crippen molar-refractivity contribution in [3.8, 4) is 16.9 Å². The smallest absolute Gasteiger partial charge is 0.412 e. The van der Waals surface area contributed by atoms with E-state index in [0.29, 0.717) is 33.5 Å². The standard InChI is InChI=1S/C37H32ClN5O3/c1-37(2,3)46-36(45)41-25-18-16-24(17-19-25)35(44)40-27-11-9-10-26(22-27)39-33-21-20-31(38)34(42-33)30-23-43(28-12-5-4-6-13-28)32-15-8-7-14-29(30)32/h4-23H,1-3H3,(H,39,42)(H,40,44)(H,41,45). The second kappa shape index (κ2) is 12.8. The largest absolute Gasteiger partial charge is 0.444 e. The number of nitrogens with one attached hydrogen (secondary N) is 3. The van der Waals surface area contributed by atoms with Crippen LogP contribution in [-0.2, 0) is 4.74 Å². The Hall–Kier alpha value is -5.60. The highest BCUT2D eigenvalue weighted by molar-refractivity contribution is 6.33. The minimum absolute atomic E-state index is 0.289. The first-order valence-corrected chi connectivity index (χ1v) is 15.1. The zero-order valence-electron chi connectivity index (χ0n) is 25.5. The molecule has 0 saturated carbocycles. The van der Waals surface area contributed by atoms with Crippen molar-refractivity contribution in [2.24, 2.45) is 0 Å². The molecule has 0 spiro atoms. The molecule has 46 heavy (non-hydrogen) atoms. The van der Waals surface area contributed by atoms with Crippen LogP contribution in [0, 0.1) is 0 Å². The summed E-state index contributed by atoms with van der Waals surface area (Å²) in [6.45, 7) is 5.38. The Kier molecular flexibility index (Phi) is 8.46. The van der Waals surface area contributed by atoms with Gasteiger partial charge in [0, 0.05) is 45.5 Å². The lowest BCUT2D eigenvalue weighted by Gasteiger charge is -2.19. The van der Waals surface area contributed by atoms with Crippen LogP contribution in [0.2, 0.25) is 5.02 Å². The second-order valence-corrected chi connectivity index (χ2v) is 12.1. The summed E-state index contributed by atoms with van der Waals surface area (Å²) in [5.41, 5.74) is 5.37. The molecule has 2 aromatic heterocycles. The van der Waals surface area contributed by atoms with Crippen LogP contribution >= 0.6 is 11.6 Å². The van der Waals surface area contributed by atoms with Crippen molar-refractivity contribution in [1.29, 1.82) is 0 Å². The number of halogens is 1. The molecule has 0 aliphatic carbocycles. The van der Waals surface area contributed by atoms with Gasteiger partial charge in [0.15, 0.2) is 0 Å². The number of carbonyl (C=O) groups excluding carboxylic acids is 2. The van der Waals surface area contributed by atoms with Crippen LogP contribution in [0.15, 0.2) is 121 Å². The summed E-state index contributed by atoms with van der Waals surface area (Å²) in [7, 11) is 0. The highest BCUT2D eigenvalue weighted by Crippen LogP contribution is 2.36. The number of aromatic nitrogens is 2. The minimum Gasteiger partial charge on any atom is -0.444 e. The second-order valence-electron chi connectivity index (χ2n) is 11.7. The summed E-state index contributed by atoms with van der Waals surface area (Å²) in [5, 5.41) is 10.5. The normalized spacial score (nSPS) is 11.2. The molecule has 0 bridgehead atoms. The number of pyridine rings is 1. The lowest BCUT2D eigenvalue weighted by molar-refractivity contribution is 0.0635. The van der Waals surface area contributed by atoms with E-state index in [0.717, 1.165) is 27.8 Å². The van der Waals surface area contributed by atoms with Crippen LogP contribution in [0.1, 0.15) is 31.1 Å². The molecular weight excluding hydrogens is 598 g/mol. The number of nitrogens with zero attached hydrogens (tertiary/aromatic N) is 2. The molecule has 9 heteroatoms. The van der Waals surface area contributed by atoms with Crippen molar-refractivity contribution in [1.82, 2.24) is 9.55 Å². The van der Waals surface area contributed by atoms with E-state index in [1.165, 1.54) is 0 Å². The van der Waals surface area contributed by atoms with E-state index in [-0.39, 0.29) is 5.91 Å². The number of hydrogen-bond acceptors (Lipinski definition) is 5. The van der Waals surface area contributed by atoms with Crippen LogP contribution in [0.3, 0.4) is 0 Å². The lowest BCUT2D eigenvalue weighted by atomic mass is 10.1. The maximum atomic E-state index is 13.0. The average Bonchev–Trinajstić information content (AvgIpc) is 3.41. The Morgan fingerprint density at radius 2 is 1.48 bits per heavy atom. The Morgan fingerprint density at radius 3 is 2.24 bits per heavy atom. The van der Waals surface area contributed by atoms with Crippen LogP contribution < -0.4 is 16.0 Å². The summed E-state index contributed by atoms with van der Waals surface area (Å²) in [4.78, 5) is 29.9. The van der Waals surface area contributed by atoms with Crippen LogP contribution in [-0.4, -0.2) is 27.2 Å². The third kappa shape index (κ3) is 7.03. The van der Waals surface area contributed by atoms with Gasteiger partial charge >= 0.3 is 6.09 Å². The highest BCUT2D eigenvalue weighted by Gasteiger charge is 2.17. The van der Waals surface area contributed by atoms with Gasteiger partial charge in [0.2, 0.25) is 0 Å². The fourth-order valence-electron chi connectivity index (χ4n) is 5.02. The number of carbonyl (C=O) groups is 2. The third-order valence-electron chi connectivity index (χ3n) is 7.03. The summed E-state index contributed by atoms with van der Waals surface area (Å²) in [6, 6.07) is 35.9. The molecule has 2 amide bonds. The SMILES string of the molecule is CC(C)(C)OC(=O)Nc1ccc(C(=O)Nc2cccc(Nc3ccc(Cl)c(-c4cn(-c5ccccc5)c5ccccc45)n3)c2)cc1. The molecule has 4 aromatic carbocycles. The fraction of sp³-hybridized carbons (Fsp3) is 0.108. The number of amides is 2. The Labute approximate surface area is 272 Å². The van der Waals surface area contributed by atoms with Gasteiger partial charge in [0.05, 0.1) is 16.2 Å². The van der Waals surface area contributed by atoms with E-state index in [4.69, 9.17) is 21.3 Å². The van der Waals surface area contributed by atoms with Gasteiger partial charge < -0.3 is 19.9 Å². The first-order valence-electron chi connectivity index (χ1n) is 14.7. The molecule has 2 heterocycles. The molecule has 8 nitrogen and oxygen atoms in total. The predicted octanol–water partition coefficient (Wildman–Crippen LogP) is 9.69. The van der Waals surface area contributed by atoms with Gasteiger partial charge in [0.25, 0.3) is 5.91 Å². The number of rotatable bonds is 7. The zero-order valence-corrected chi connectivity index (χ0v) is 26.3. The fourth-order valence-corrected chi connectivity index (χ4v) is 5.23. The number of para-hydroxylation sites is 2. The van der Waals surface area contributed by atoms with Gasteiger partial charge in [0.1, 0.15) is 11.4 Å². The number of hydrogen-bond donors (Lipinski definition) is 3. The summed E-state index contributed by atoms with van der Waals surface area (Å²) in [5.74, 6) is 0.315. The van der Waals surface area contributed by atoms with Crippen molar-refractivity contribution in [2.45, 2.75) is 26.4 Å². The van der Waals surface area contributed by atoms with Gasteiger partial charge in [-0.3, -0.25) is 10.1 Å².